The summed E-state index contributed by atoms with van der Waals surface area (Å²) in [6, 6.07) is 6.02. The maximum absolute atomic E-state index is 11.4. The van der Waals surface area contributed by atoms with Gasteiger partial charge in [0, 0.05) is 18.0 Å². The van der Waals surface area contributed by atoms with E-state index < -0.39 is 5.97 Å². The van der Waals surface area contributed by atoms with E-state index in [4.69, 9.17) is 0 Å². The Morgan fingerprint density at radius 3 is 2.56 bits per heavy atom. The van der Waals surface area contributed by atoms with Crippen molar-refractivity contribution < 1.29 is 9.90 Å². The quantitative estimate of drug-likeness (QED) is 0.884. The van der Waals surface area contributed by atoms with Gasteiger partial charge in [-0.2, -0.15) is 0 Å². The van der Waals surface area contributed by atoms with Gasteiger partial charge in [-0.15, -0.1) is 11.3 Å². The Hall–Kier alpha value is -1.81. The predicted molar refractivity (Wildman–Crippen MR) is 75.7 cm³/mol. The zero-order valence-electron chi connectivity index (χ0n) is 10.6. The number of carboxylic acids is 1. The Labute approximate surface area is 110 Å². The third kappa shape index (κ3) is 2.11. The summed E-state index contributed by atoms with van der Waals surface area (Å²) in [5, 5.41) is 14.8. The number of hydrogen-bond acceptors (Lipinski definition) is 3. The zero-order valence-corrected chi connectivity index (χ0v) is 11.4. The first kappa shape index (κ1) is 12.6. The molecule has 0 saturated heterocycles. The first-order chi connectivity index (χ1) is 8.54. The van der Waals surface area contributed by atoms with Gasteiger partial charge in [-0.25, -0.2) is 4.79 Å². The molecular weight excluding hydrogens is 246 g/mol. The monoisotopic (exact) mass is 261 g/mol. The van der Waals surface area contributed by atoms with Gasteiger partial charge in [-0.3, -0.25) is 0 Å². The smallest absolute Gasteiger partial charge is 0.339 e. The van der Waals surface area contributed by atoms with E-state index in [9.17, 15) is 9.90 Å². The third-order valence-corrected chi connectivity index (χ3v) is 4.05. The number of thiophene rings is 1. The van der Waals surface area contributed by atoms with Crippen molar-refractivity contribution in [2.45, 2.75) is 13.8 Å². The number of nitrogens with one attached hydrogen (secondary N) is 1. The molecular formula is C14H15NO2S. The zero-order chi connectivity index (χ0) is 13.3. The number of benzene rings is 1. The van der Waals surface area contributed by atoms with Crippen LogP contribution in [-0.4, -0.2) is 18.1 Å². The number of anilines is 1. The van der Waals surface area contributed by atoms with Gasteiger partial charge < -0.3 is 10.4 Å². The molecule has 0 aliphatic heterocycles. The molecule has 0 spiro atoms. The Bertz CT molecular complexity index is 602. The molecule has 0 aliphatic rings. The van der Waals surface area contributed by atoms with Crippen molar-refractivity contribution in [3.63, 3.8) is 0 Å². The maximum Gasteiger partial charge on any atom is 0.339 e. The van der Waals surface area contributed by atoms with E-state index in [-0.39, 0.29) is 0 Å². The Kier molecular flexibility index (Phi) is 3.39. The number of carboxylic acid groups (broad SMARTS) is 1. The van der Waals surface area contributed by atoms with Crippen molar-refractivity contribution in [3.05, 3.63) is 40.3 Å². The summed E-state index contributed by atoms with van der Waals surface area (Å²) in [6.45, 7) is 4.08. The summed E-state index contributed by atoms with van der Waals surface area (Å²) in [6.07, 6.45) is 0. The number of aromatic carboxylic acids is 1. The van der Waals surface area contributed by atoms with Crippen LogP contribution in [0.3, 0.4) is 0 Å². The molecule has 2 N–H and O–H groups in total. The SMILES string of the molecule is CNc1scc(-c2ccc(C)c(C)c2)c1C(=O)O. The lowest BCUT2D eigenvalue weighted by Crippen LogP contribution is -2.01. The number of aryl methyl sites for hydroxylation is 2. The first-order valence-electron chi connectivity index (χ1n) is 5.64. The molecule has 2 aromatic rings. The number of carbonyl (C=O) groups is 1. The Morgan fingerprint density at radius 1 is 1.28 bits per heavy atom. The van der Waals surface area contributed by atoms with E-state index in [0.717, 1.165) is 11.1 Å². The molecule has 0 radical (unpaired) electrons. The van der Waals surface area contributed by atoms with Crippen molar-refractivity contribution in [1.29, 1.82) is 0 Å². The lowest BCUT2D eigenvalue weighted by atomic mass is 9.99. The normalized spacial score (nSPS) is 10.4. The summed E-state index contributed by atoms with van der Waals surface area (Å²) in [4.78, 5) is 11.4. The van der Waals surface area contributed by atoms with Crippen molar-refractivity contribution in [2.24, 2.45) is 0 Å². The van der Waals surface area contributed by atoms with Gasteiger partial charge in [0.05, 0.1) is 0 Å². The van der Waals surface area contributed by atoms with Gasteiger partial charge in [0.25, 0.3) is 0 Å². The highest BCUT2D eigenvalue weighted by Gasteiger charge is 2.18. The van der Waals surface area contributed by atoms with Crippen molar-refractivity contribution >= 4 is 22.3 Å². The molecule has 4 heteroatoms. The van der Waals surface area contributed by atoms with Crippen LogP contribution in [0.5, 0.6) is 0 Å². The summed E-state index contributed by atoms with van der Waals surface area (Å²) in [5.74, 6) is -0.895. The third-order valence-electron chi connectivity index (χ3n) is 3.05. The largest absolute Gasteiger partial charge is 0.478 e. The molecule has 1 aromatic heterocycles. The summed E-state index contributed by atoms with van der Waals surface area (Å²) in [7, 11) is 1.74. The molecule has 3 nitrogen and oxygen atoms in total. The van der Waals surface area contributed by atoms with Crippen molar-refractivity contribution in [2.75, 3.05) is 12.4 Å². The molecule has 0 unspecified atom stereocenters. The van der Waals surface area contributed by atoms with Crippen LogP contribution in [0.1, 0.15) is 21.5 Å². The van der Waals surface area contributed by atoms with E-state index >= 15 is 0 Å². The van der Waals surface area contributed by atoms with E-state index in [1.54, 1.807) is 7.05 Å². The van der Waals surface area contributed by atoms with Crippen LogP contribution in [0.25, 0.3) is 11.1 Å². The van der Waals surface area contributed by atoms with E-state index in [1.807, 2.05) is 37.4 Å². The molecule has 0 fully saturated rings. The molecule has 0 amide bonds. The van der Waals surface area contributed by atoms with Crippen molar-refractivity contribution in [1.82, 2.24) is 0 Å². The van der Waals surface area contributed by atoms with Crippen LogP contribution >= 0.6 is 11.3 Å². The van der Waals surface area contributed by atoms with E-state index in [0.29, 0.717) is 10.6 Å². The second-order valence-corrected chi connectivity index (χ2v) is 5.09. The maximum atomic E-state index is 11.4. The minimum Gasteiger partial charge on any atom is -0.478 e. The second kappa shape index (κ2) is 4.82. The average molecular weight is 261 g/mol. The van der Waals surface area contributed by atoms with Crippen LogP contribution < -0.4 is 5.32 Å². The highest BCUT2D eigenvalue weighted by atomic mass is 32.1. The highest BCUT2D eigenvalue weighted by molar-refractivity contribution is 7.15. The average Bonchev–Trinajstić information content (AvgIpc) is 2.76. The molecule has 1 heterocycles. The van der Waals surface area contributed by atoms with Gasteiger partial charge >= 0.3 is 5.97 Å². The molecule has 1 aromatic carbocycles. The van der Waals surface area contributed by atoms with Crippen LogP contribution in [0.15, 0.2) is 23.6 Å². The van der Waals surface area contributed by atoms with Gasteiger partial charge in [-0.05, 0) is 30.5 Å². The van der Waals surface area contributed by atoms with Gasteiger partial charge in [0.15, 0.2) is 0 Å². The minimum atomic E-state index is -0.895. The van der Waals surface area contributed by atoms with Gasteiger partial charge in [0.2, 0.25) is 0 Å². The molecule has 2 rings (SSSR count). The lowest BCUT2D eigenvalue weighted by Gasteiger charge is -2.06. The van der Waals surface area contributed by atoms with Crippen LogP contribution in [0, 0.1) is 13.8 Å². The predicted octanol–water partition coefficient (Wildman–Crippen LogP) is 3.77. The topological polar surface area (TPSA) is 49.3 Å². The van der Waals surface area contributed by atoms with Crippen LogP contribution in [-0.2, 0) is 0 Å². The van der Waals surface area contributed by atoms with Crippen LogP contribution in [0.4, 0.5) is 5.00 Å². The lowest BCUT2D eigenvalue weighted by molar-refractivity contribution is 0.0699. The Morgan fingerprint density at radius 2 is 2.00 bits per heavy atom. The molecule has 0 aliphatic carbocycles. The molecule has 94 valence electrons. The fraction of sp³-hybridized carbons (Fsp3) is 0.214. The van der Waals surface area contributed by atoms with E-state index in [1.165, 1.54) is 22.5 Å². The number of rotatable bonds is 3. The number of hydrogen-bond donors (Lipinski definition) is 2. The fourth-order valence-corrected chi connectivity index (χ4v) is 2.80. The van der Waals surface area contributed by atoms with Crippen LogP contribution in [0.2, 0.25) is 0 Å². The summed E-state index contributed by atoms with van der Waals surface area (Å²) < 4.78 is 0. The Balaban J connectivity index is 2.60. The van der Waals surface area contributed by atoms with E-state index in [2.05, 4.69) is 5.32 Å². The van der Waals surface area contributed by atoms with Gasteiger partial charge in [-0.1, -0.05) is 18.2 Å². The molecule has 0 saturated carbocycles. The summed E-state index contributed by atoms with van der Waals surface area (Å²) >= 11 is 1.42. The second-order valence-electron chi connectivity index (χ2n) is 4.21. The van der Waals surface area contributed by atoms with Crippen molar-refractivity contribution in [3.8, 4) is 11.1 Å². The molecule has 0 bridgehead atoms. The highest BCUT2D eigenvalue weighted by Crippen LogP contribution is 2.35. The summed E-state index contributed by atoms with van der Waals surface area (Å²) in [5.41, 5.74) is 4.46. The standard InChI is InChI=1S/C14H15NO2S/c1-8-4-5-10(6-9(8)2)11-7-18-13(15-3)12(11)14(16)17/h4-7,15H,1-3H3,(H,16,17). The minimum absolute atomic E-state index is 0.353. The fourth-order valence-electron chi connectivity index (χ4n) is 1.88. The van der Waals surface area contributed by atoms with Gasteiger partial charge in [0.1, 0.15) is 10.6 Å². The first-order valence-corrected chi connectivity index (χ1v) is 6.52. The molecule has 18 heavy (non-hydrogen) atoms. The molecule has 0 atom stereocenters.